The Morgan fingerprint density at radius 1 is 1.03 bits per heavy atom. The van der Waals surface area contributed by atoms with Gasteiger partial charge in [0.25, 0.3) is 0 Å². The van der Waals surface area contributed by atoms with E-state index in [1.165, 1.54) is 21.0 Å². The molecule has 7 bridgehead atoms. The summed E-state index contributed by atoms with van der Waals surface area (Å²) in [5.74, 6) is -2.58. The van der Waals surface area contributed by atoms with E-state index in [4.69, 9.17) is 23.7 Å². The van der Waals surface area contributed by atoms with Gasteiger partial charge >= 0.3 is 11.9 Å². The number of nitrogens with zero attached hydrogens (tertiary/aromatic N) is 1. The van der Waals surface area contributed by atoms with E-state index < -0.39 is 82.4 Å². The van der Waals surface area contributed by atoms with Gasteiger partial charge in [-0.3, -0.25) is 14.5 Å². The zero-order chi connectivity index (χ0) is 28.3. The zero-order valence-corrected chi connectivity index (χ0v) is 23.7. The first-order chi connectivity index (χ1) is 18.4. The van der Waals surface area contributed by atoms with Gasteiger partial charge in [0.15, 0.2) is 0 Å². The standard InChI is InChI=1S/C28H43NO10/c1-7-29-11-25(12-35-4)18(32)9-19(38-13(2)30)27-16-8-15-17(36-5)10-26(33,20(16)21(15)39-14(3)31)28(34,24(27)29)23(37-6)22(25)27/h15-24,32-34H,7-12H2,1-6H3/t15-,16-,17+,18-,19+,20-,21+,22-,23+,24?,25+,26-,27+,28+/m1/s1. The van der Waals surface area contributed by atoms with E-state index in [9.17, 15) is 24.9 Å². The van der Waals surface area contributed by atoms with Crippen LogP contribution < -0.4 is 0 Å². The molecule has 3 N–H and O–H groups in total. The molecule has 0 aromatic heterocycles. The molecule has 1 aliphatic heterocycles. The fourth-order valence-electron chi connectivity index (χ4n) is 11.3. The Balaban J connectivity index is 1.68. The quantitative estimate of drug-likeness (QED) is 0.358. The van der Waals surface area contributed by atoms with E-state index in [1.807, 2.05) is 6.92 Å². The van der Waals surface area contributed by atoms with E-state index >= 15 is 0 Å². The van der Waals surface area contributed by atoms with Crippen molar-refractivity contribution in [2.75, 3.05) is 41.0 Å². The fourth-order valence-corrected chi connectivity index (χ4v) is 11.3. The molecular formula is C28H43NO10. The number of likely N-dealkylation sites (tertiary alicyclic amines) is 1. The Morgan fingerprint density at radius 3 is 2.28 bits per heavy atom. The smallest absolute Gasteiger partial charge is 0.302 e. The first-order valence-electron chi connectivity index (χ1n) is 14.2. The van der Waals surface area contributed by atoms with Crippen LogP contribution in [0.5, 0.6) is 0 Å². The maximum atomic E-state index is 13.2. The van der Waals surface area contributed by atoms with Crippen LogP contribution in [0, 0.1) is 34.5 Å². The largest absolute Gasteiger partial charge is 0.462 e. The number of likely N-dealkylation sites (N-methyl/N-ethyl adjacent to an activating group) is 1. The third kappa shape index (κ3) is 2.98. The molecule has 5 saturated carbocycles. The number of carbonyl (C=O) groups excluding carboxylic acids is 2. The second kappa shape index (κ2) is 8.83. The highest BCUT2D eigenvalue weighted by molar-refractivity contribution is 5.67. The van der Waals surface area contributed by atoms with Gasteiger partial charge in [-0.2, -0.15) is 0 Å². The van der Waals surface area contributed by atoms with Gasteiger partial charge < -0.3 is 39.0 Å². The number of methoxy groups -OCH3 is 3. The maximum absolute atomic E-state index is 13.2. The number of rotatable bonds is 7. The van der Waals surface area contributed by atoms with Crippen LogP contribution in [0.1, 0.15) is 40.0 Å². The van der Waals surface area contributed by atoms with Gasteiger partial charge in [0.1, 0.15) is 23.4 Å². The predicted octanol–water partition coefficient (Wildman–Crippen LogP) is -0.271. The number of piperidine rings is 1. The van der Waals surface area contributed by atoms with Gasteiger partial charge in [0.2, 0.25) is 0 Å². The SMILES string of the molecule is CCN1C[C@]2(COC)[C@H](O)C[C@H](OC(C)=O)[C@]34C1[C@@](O)([C@@H](OC)[C@H]23)[C@@]1(O)C[C@H](OC)[C@H]2C[C@@H]4[C@@H]1[C@H]2OC(C)=O. The lowest BCUT2D eigenvalue weighted by Crippen LogP contribution is -2.83. The highest BCUT2D eigenvalue weighted by Gasteiger charge is 2.93. The molecule has 6 aliphatic rings. The lowest BCUT2D eigenvalue weighted by molar-refractivity contribution is -0.325. The van der Waals surface area contributed by atoms with Crippen LogP contribution >= 0.6 is 0 Å². The van der Waals surface area contributed by atoms with Crippen molar-refractivity contribution >= 4 is 11.9 Å². The third-order valence-corrected chi connectivity index (χ3v) is 11.9. The summed E-state index contributed by atoms with van der Waals surface area (Å²) in [6, 6.07) is -0.634. The van der Waals surface area contributed by atoms with Gasteiger partial charge in [-0.1, -0.05) is 6.92 Å². The molecule has 39 heavy (non-hydrogen) atoms. The number of esters is 2. The minimum absolute atomic E-state index is 0.151. The van der Waals surface area contributed by atoms with Gasteiger partial charge in [-0.05, 0) is 18.9 Å². The number of aliphatic hydroxyl groups excluding tert-OH is 1. The third-order valence-electron chi connectivity index (χ3n) is 11.9. The monoisotopic (exact) mass is 553 g/mol. The molecule has 1 heterocycles. The van der Waals surface area contributed by atoms with Crippen molar-refractivity contribution in [1.29, 1.82) is 0 Å². The van der Waals surface area contributed by atoms with Crippen LogP contribution in [0.4, 0.5) is 0 Å². The minimum atomic E-state index is -1.84. The maximum Gasteiger partial charge on any atom is 0.302 e. The normalized spacial score (nSPS) is 54.9. The number of hydrogen-bond donors (Lipinski definition) is 3. The van der Waals surface area contributed by atoms with Crippen LogP contribution in [0.15, 0.2) is 0 Å². The molecule has 6 fully saturated rings. The predicted molar refractivity (Wildman–Crippen MR) is 134 cm³/mol. The average molecular weight is 554 g/mol. The second-order valence-corrected chi connectivity index (χ2v) is 12.9. The number of hydrogen-bond acceptors (Lipinski definition) is 11. The Labute approximate surface area is 229 Å². The fraction of sp³-hybridized carbons (Fsp3) is 0.929. The van der Waals surface area contributed by atoms with Crippen LogP contribution in [-0.4, -0.2) is 121 Å². The van der Waals surface area contributed by atoms with Gasteiger partial charge in [-0.15, -0.1) is 0 Å². The van der Waals surface area contributed by atoms with E-state index in [2.05, 4.69) is 4.90 Å². The van der Waals surface area contributed by atoms with Crippen molar-refractivity contribution in [3.8, 4) is 0 Å². The molecule has 0 radical (unpaired) electrons. The molecule has 14 atom stereocenters. The molecule has 1 saturated heterocycles. The summed E-state index contributed by atoms with van der Waals surface area (Å²) in [5, 5.41) is 37.9. The van der Waals surface area contributed by atoms with Gasteiger partial charge in [-0.25, -0.2) is 0 Å². The van der Waals surface area contributed by atoms with Gasteiger partial charge in [0, 0.05) is 83.1 Å². The summed E-state index contributed by atoms with van der Waals surface area (Å²) >= 11 is 0. The summed E-state index contributed by atoms with van der Waals surface area (Å²) in [4.78, 5) is 27.1. The molecule has 0 aromatic rings. The molecule has 1 spiro atoms. The number of aliphatic hydroxyl groups is 3. The highest BCUT2D eigenvalue weighted by atomic mass is 16.6. The summed E-state index contributed by atoms with van der Waals surface area (Å²) in [6.45, 7) is 5.87. The highest BCUT2D eigenvalue weighted by Crippen LogP contribution is 2.80. The first-order valence-corrected chi connectivity index (χ1v) is 14.2. The Hall–Kier alpha value is -1.34. The number of fused-ring (bicyclic) bond motifs is 2. The van der Waals surface area contributed by atoms with Crippen LogP contribution in [-0.2, 0) is 33.3 Å². The van der Waals surface area contributed by atoms with E-state index in [-0.39, 0.29) is 31.3 Å². The molecule has 0 amide bonds. The topological polar surface area (TPSA) is 144 Å². The molecule has 220 valence electrons. The van der Waals surface area contributed by atoms with E-state index in [1.54, 1.807) is 14.2 Å². The minimum Gasteiger partial charge on any atom is -0.462 e. The molecule has 6 rings (SSSR count). The molecule has 5 aliphatic carbocycles. The lowest BCUT2D eigenvalue weighted by Gasteiger charge is -2.70. The van der Waals surface area contributed by atoms with Crippen LogP contribution in [0.2, 0.25) is 0 Å². The summed E-state index contributed by atoms with van der Waals surface area (Å²) in [5.41, 5.74) is -5.33. The Morgan fingerprint density at radius 2 is 1.72 bits per heavy atom. The van der Waals surface area contributed by atoms with Gasteiger partial charge in [0.05, 0.1) is 31.0 Å². The summed E-state index contributed by atoms with van der Waals surface area (Å²) < 4.78 is 29.9. The van der Waals surface area contributed by atoms with Crippen molar-refractivity contribution in [3.63, 3.8) is 0 Å². The number of ether oxygens (including phenoxy) is 5. The summed E-state index contributed by atoms with van der Waals surface area (Å²) in [6.07, 6.45) is -2.83. The zero-order valence-electron chi connectivity index (χ0n) is 23.7. The molecular weight excluding hydrogens is 510 g/mol. The molecule has 11 nitrogen and oxygen atoms in total. The molecule has 0 aromatic carbocycles. The van der Waals surface area contributed by atoms with Crippen molar-refractivity contribution in [3.05, 3.63) is 0 Å². The van der Waals surface area contributed by atoms with E-state index in [0.29, 0.717) is 19.5 Å². The molecule has 1 unspecified atom stereocenters. The lowest BCUT2D eigenvalue weighted by atomic mass is 9.42. The summed E-state index contributed by atoms with van der Waals surface area (Å²) in [7, 11) is 4.70. The molecule has 11 heteroatoms. The Kier molecular flexibility index (Phi) is 6.30. The van der Waals surface area contributed by atoms with Crippen LogP contribution in [0.3, 0.4) is 0 Å². The first kappa shape index (κ1) is 27.8. The second-order valence-electron chi connectivity index (χ2n) is 12.9. The van der Waals surface area contributed by atoms with Crippen molar-refractivity contribution in [2.45, 2.75) is 87.8 Å². The average Bonchev–Trinajstić information content (AvgIpc) is 3.26. The van der Waals surface area contributed by atoms with Crippen LogP contribution in [0.25, 0.3) is 0 Å². The van der Waals surface area contributed by atoms with E-state index in [0.717, 1.165) is 0 Å². The van der Waals surface area contributed by atoms with Crippen molar-refractivity contribution in [1.82, 2.24) is 4.90 Å². The number of carbonyl (C=O) groups is 2. The Bertz CT molecular complexity index is 1040. The van der Waals surface area contributed by atoms with Crippen molar-refractivity contribution < 1.29 is 48.6 Å². The van der Waals surface area contributed by atoms with Crippen molar-refractivity contribution in [2.24, 2.45) is 34.5 Å².